The van der Waals surface area contributed by atoms with Crippen LogP contribution in [0.2, 0.25) is 0 Å². The van der Waals surface area contributed by atoms with E-state index in [0.29, 0.717) is 6.61 Å². The van der Waals surface area contributed by atoms with E-state index >= 15 is 0 Å². The molecule has 0 radical (unpaired) electrons. The first kappa shape index (κ1) is 16.8. The highest BCUT2D eigenvalue weighted by Gasteiger charge is 2.08. The third kappa shape index (κ3) is 4.49. The smallest absolute Gasteiger partial charge is 0.129 e. The quantitative estimate of drug-likeness (QED) is 0.772. The van der Waals surface area contributed by atoms with E-state index in [4.69, 9.17) is 4.74 Å². The average molecular weight is 332 g/mol. The van der Waals surface area contributed by atoms with Crippen LogP contribution in [0.5, 0.6) is 5.75 Å². The van der Waals surface area contributed by atoms with Crippen molar-refractivity contribution in [2.75, 3.05) is 12.5 Å². The van der Waals surface area contributed by atoms with Gasteiger partial charge < -0.3 is 4.74 Å². The summed E-state index contributed by atoms with van der Waals surface area (Å²) in [6.07, 6.45) is 5.59. The van der Waals surface area contributed by atoms with Crippen LogP contribution in [0.25, 0.3) is 6.08 Å². The second kappa shape index (κ2) is 8.20. The Balaban J connectivity index is 2.29. The van der Waals surface area contributed by atoms with E-state index in [1.807, 2.05) is 67.8 Å². The number of hydrogen-bond donors (Lipinski definition) is 0. The van der Waals surface area contributed by atoms with E-state index in [1.165, 1.54) is 11.8 Å². The fourth-order valence-electron chi connectivity index (χ4n) is 2.10. The monoisotopic (exact) mass is 332 g/mol. The molecule has 0 amide bonds. The average Bonchev–Trinajstić information content (AvgIpc) is 2.52. The first-order valence-corrected chi connectivity index (χ1v) is 9.75. The van der Waals surface area contributed by atoms with Gasteiger partial charge in [0.25, 0.3) is 0 Å². The molecule has 0 aliphatic rings. The van der Waals surface area contributed by atoms with Crippen molar-refractivity contribution in [3.63, 3.8) is 0 Å². The molecule has 0 N–H and O–H groups in total. The van der Waals surface area contributed by atoms with Crippen LogP contribution in [-0.2, 0) is 17.4 Å². The van der Waals surface area contributed by atoms with Crippen molar-refractivity contribution < 1.29 is 8.95 Å². The Morgan fingerprint density at radius 3 is 2.55 bits per heavy atom. The number of rotatable bonds is 6. The van der Waals surface area contributed by atoms with E-state index in [-0.39, 0.29) is 0 Å². The molecule has 0 aliphatic carbocycles. The van der Waals surface area contributed by atoms with Crippen molar-refractivity contribution in [1.29, 1.82) is 0 Å². The van der Waals surface area contributed by atoms with Crippen molar-refractivity contribution in [1.82, 2.24) is 0 Å². The number of thioether (sulfide) groups is 1. The highest BCUT2D eigenvalue weighted by atomic mass is 32.2. The molecule has 22 heavy (non-hydrogen) atoms. The van der Waals surface area contributed by atoms with Gasteiger partial charge in [-0.2, -0.15) is 0 Å². The van der Waals surface area contributed by atoms with Gasteiger partial charge in [0.2, 0.25) is 0 Å². The Labute approximate surface area is 139 Å². The van der Waals surface area contributed by atoms with Gasteiger partial charge in [-0.05, 0) is 30.4 Å². The number of aryl methyl sites for hydroxylation is 1. The van der Waals surface area contributed by atoms with E-state index in [0.717, 1.165) is 26.7 Å². The van der Waals surface area contributed by atoms with Gasteiger partial charge in [-0.15, -0.1) is 11.8 Å². The molecule has 2 nitrogen and oxygen atoms in total. The Morgan fingerprint density at radius 1 is 1.18 bits per heavy atom. The number of hydrogen-bond acceptors (Lipinski definition) is 3. The first-order chi connectivity index (χ1) is 10.6. The maximum Gasteiger partial charge on any atom is 0.129 e. The molecule has 0 spiro atoms. The Kier molecular flexibility index (Phi) is 6.28. The Hall–Kier alpha value is -1.52. The van der Waals surface area contributed by atoms with Crippen LogP contribution < -0.4 is 4.74 Å². The van der Waals surface area contributed by atoms with Crippen LogP contribution in [0, 0.1) is 6.92 Å². The van der Waals surface area contributed by atoms with Crippen molar-refractivity contribution in [3.8, 4) is 5.75 Å². The molecule has 0 aliphatic heterocycles. The maximum atomic E-state index is 11.7. The number of ether oxygens (including phenoxy) is 1. The van der Waals surface area contributed by atoms with Crippen LogP contribution >= 0.6 is 11.8 Å². The zero-order valence-corrected chi connectivity index (χ0v) is 14.7. The molecule has 0 saturated carbocycles. The molecule has 0 saturated heterocycles. The standard InChI is InChI=1S/C18H20O2S2/c1-14-8-7-11-16(12-17(21-2)22(3)19)18(14)20-13-15-9-5-4-6-10-15/h4-12H,13H2,1-3H3/b17-12+. The van der Waals surface area contributed by atoms with Gasteiger partial charge >= 0.3 is 0 Å². The lowest BCUT2D eigenvalue weighted by Gasteiger charge is -2.13. The Bertz CT molecular complexity index is 679. The predicted octanol–water partition coefficient (Wildman–Crippen LogP) is 4.61. The van der Waals surface area contributed by atoms with E-state index in [1.54, 1.807) is 6.26 Å². The van der Waals surface area contributed by atoms with Crippen LogP contribution in [0.3, 0.4) is 0 Å². The second-order valence-electron chi connectivity index (χ2n) is 4.89. The minimum Gasteiger partial charge on any atom is -0.488 e. The molecule has 2 rings (SSSR count). The third-order valence-corrected chi connectivity index (χ3v) is 5.64. The maximum absolute atomic E-state index is 11.7. The molecule has 116 valence electrons. The van der Waals surface area contributed by atoms with Crippen molar-refractivity contribution >= 4 is 28.6 Å². The zero-order chi connectivity index (χ0) is 15.9. The molecule has 0 bridgehead atoms. The lowest BCUT2D eigenvalue weighted by molar-refractivity contribution is 0.303. The van der Waals surface area contributed by atoms with E-state index < -0.39 is 10.8 Å². The van der Waals surface area contributed by atoms with Gasteiger partial charge in [-0.3, -0.25) is 4.21 Å². The minimum atomic E-state index is -0.990. The largest absolute Gasteiger partial charge is 0.488 e. The fraction of sp³-hybridized carbons (Fsp3) is 0.222. The first-order valence-electron chi connectivity index (χ1n) is 6.97. The summed E-state index contributed by atoms with van der Waals surface area (Å²) in [5, 5.41) is 0. The van der Waals surface area contributed by atoms with Gasteiger partial charge in [0.15, 0.2) is 0 Å². The fourth-order valence-corrected chi connectivity index (χ4v) is 3.58. The molecule has 2 aromatic carbocycles. The lowest BCUT2D eigenvalue weighted by atomic mass is 10.1. The SMILES string of the molecule is CS/C(=C\c1cccc(C)c1OCc1ccccc1)S(C)=O. The van der Waals surface area contributed by atoms with Crippen molar-refractivity contribution in [2.45, 2.75) is 13.5 Å². The summed E-state index contributed by atoms with van der Waals surface area (Å²) in [6, 6.07) is 16.1. The third-order valence-electron chi connectivity index (χ3n) is 3.23. The number of para-hydroxylation sites is 1. The molecule has 2 aromatic rings. The molecule has 1 atom stereocenters. The summed E-state index contributed by atoms with van der Waals surface area (Å²) < 4.78 is 18.6. The molecular weight excluding hydrogens is 312 g/mol. The van der Waals surface area contributed by atoms with Gasteiger partial charge in [-0.1, -0.05) is 48.5 Å². The predicted molar refractivity (Wildman–Crippen MR) is 97.5 cm³/mol. The topological polar surface area (TPSA) is 26.3 Å². The summed E-state index contributed by atoms with van der Waals surface area (Å²) in [6.45, 7) is 2.55. The van der Waals surface area contributed by atoms with Crippen LogP contribution in [0.4, 0.5) is 0 Å². The molecule has 0 fully saturated rings. The van der Waals surface area contributed by atoms with E-state index in [2.05, 4.69) is 0 Å². The van der Waals surface area contributed by atoms with Crippen molar-refractivity contribution in [3.05, 3.63) is 69.5 Å². The lowest BCUT2D eigenvalue weighted by Crippen LogP contribution is -1.99. The molecule has 0 aromatic heterocycles. The molecule has 0 heterocycles. The minimum absolute atomic E-state index is 0.524. The van der Waals surface area contributed by atoms with E-state index in [9.17, 15) is 4.21 Å². The van der Waals surface area contributed by atoms with Crippen molar-refractivity contribution in [2.24, 2.45) is 0 Å². The number of benzene rings is 2. The zero-order valence-electron chi connectivity index (χ0n) is 13.0. The normalized spacial score (nSPS) is 13.0. The van der Waals surface area contributed by atoms with Crippen LogP contribution in [0.1, 0.15) is 16.7 Å². The summed E-state index contributed by atoms with van der Waals surface area (Å²) >= 11 is 1.51. The van der Waals surface area contributed by atoms with Crippen LogP contribution in [0.15, 0.2) is 52.8 Å². The molecule has 4 heteroatoms. The highest BCUT2D eigenvalue weighted by Crippen LogP contribution is 2.29. The van der Waals surface area contributed by atoms with Crippen LogP contribution in [-0.4, -0.2) is 16.7 Å². The van der Waals surface area contributed by atoms with Gasteiger partial charge in [-0.25, -0.2) is 0 Å². The second-order valence-corrected chi connectivity index (χ2v) is 7.34. The molecule has 1 unspecified atom stereocenters. The summed E-state index contributed by atoms with van der Waals surface area (Å²) in [5.41, 5.74) is 3.17. The highest BCUT2D eigenvalue weighted by molar-refractivity contribution is 8.16. The summed E-state index contributed by atoms with van der Waals surface area (Å²) in [7, 11) is -0.990. The Morgan fingerprint density at radius 2 is 1.91 bits per heavy atom. The van der Waals surface area contributed by atoms with Gasteiger partial charge in [0.05, 0.1) is 15.0 Å². The van der Waals surface area contributed by atoms with Gasteiger partial charge in [0, 0.05) is 11.8 Å². The summed E-state index contributed by atoms with van der Waals surface area (Å²) in [5.74, 6) is 0.850. The molecular formula is C18H20O2S2. The summed E-state index contributed by atoms with van der Waals surface area (Å²) in [4.78, 5) is 0. The van der Waals surface area contributed by atoms with Gasteiger partial charge in [0.1, 0.15) is 12.4 Å².